The van der Waals surface area contributed by atoms with Gasteiger partial charge in [-0.2, -0.15) is 4.91 Å². The molecule has 2 aromatic rings. The molecule has 2 fully saturated rings. The number of carbonyl (C=O) groups excluding carboxylic acids is 2. The number of carbonyl (C=O) groups is 2. The number of aldehydes is 1. The molecule has 0 atom stereocenters. The molecule has 0 amide bonds. The Morgan fingerprint density at radius 1 is 1.14 bits per heavy atom. The summed E-state index contributed by atoms with van der Waals surface area (Å²) in [4.78, 5) is 40.8. The molecule has 2 saturated carbocycles. The quantitative estimate of drug-likeness (QED) is 0.269. The van der Waals surface area contributed by atoms with Crippen LogP contribution in [0, 0.1) is 10.8 Å². The Kier molecular flexibility index (Phi) is 8.39. The predicted octanol–water partition coefficient (Wildman–Crippen LogP) is 7.48. The summed E-state index contributed by atoms with van der Waals surface area (Å²) in [6, 6.07) is 11.8. The third-order valence-electron chi connectivity index (χ3n) is 8.18. The van der Waals surface area contributed by atoms with Gasteiger partial charge in [-0.3, -0.25) is 4.94 Å². The van der Waals surface area contributed by atoms with Gasteiger partial charge in [-0.25, -0.2) is 4.79 Å². The molecule has 2 aliphatic rings. The van der Waals surface area contributed by atoms with Crippen molar-refractivity contribution in [3.8, 4) is 0 Å². The highest BCUT2D eigenvalue weighted by molar-refractivity contribution is 6.31. The van der Waals surface area contributed by atoms with Crippen molar-refractivity contribution >= 4 is 35.2 Å². The molecule has 0 aromatic heterocycles. The third kappa shape index (κ3) is 5.17. The average Bonchev–Trinajstić information content (AvgIpc) is 2.93. The van der Waals surface area contributed by atoms with Gasteiger partial charge in [0.2, 0.25) is 0 Å². The third-order valence-corrected chi connectivity index (χ3v) is 8.53. The second-order valence-corrected chi connectivity index (χ2v) is 10.5. The van der Waals surface area contributed by atoms with Crippen LogP contribution in [0.3, 0.4) is 0 Å². The van der Waals surface area contributed by atoms with Crippen LogP contribution in [-0.4, -0.2) is 19.3 Å². The highest BCUT2D eigenvalue weighted by Gasteiger charge is 2.37. The number of hydrogen-bond acceptors (Lipinski definition) is 6. The van der Waals surface area contributed by atoms with Crippen LogP contribution >= 0.6 is 11.6 Å². The number of halogens is 2. The van der Waals surface area contributed by atoms with Crippen LogP contribution in [0.2, 0.25) is 5.02 Å². The molecule has 4 rings (SSSR count). The lowest BCUT2D eigenvalue weighted by atomic mass is 9.69. The smallest absolute Gasteiger partial charge is 0.344 e. The Morgan fingerprint density at radius 2 is 1.86 bits per heavy atom. The van der Waals surface area contributed by atoms with Gasteiger partial charge in [0.15, 0.2) is 0 Å². The number of benzene rings is 2. The minimum absolute atomic E-state index is 0.0537. The number of rotatable bonds is 8. The van der Waals surface area contributed by atoms with Crippen LogP contribution < -0.4 is 4.90 Å². The van der Waals surface area contributed by atoms with Gasteiger partial charge < -0.3 is 9.69 Å². The summed E-state index contributed by atoms with van der Waals surface area (Å²) < 4.78 is 12.4. The number of anilines is 2. The maximum atomic E-state index is 12.6. The molecule has 0 bridgehead atoms. The van der Waals surface area contributed by atoms with E-state index in [9.17, 15) is 19.0 Å². The summed E-state index contributed by atoms with van der Waals surface area (Å²) in [6.07, 6.45) is 8.45. The van der Waals surface area contributed by atoms with Gasteiger partial charge in [0, 0.05) is 33.5 Å². The number of hydrogen-bond donors (Lipinski definition) is 0. The molecule has 2 aromatic carbocycles. The molecule has 0 aliphatic heterocycles. The zero-order chi connectivity index (χ0) is 25.7. The molecule has 8 heteroatoms. The first-order valence-corrected chi connectivity index (χ1v) is 13.1. The van der Waals surface area contributed by atoms with E-state index >= 15 is 0 Å². The summed E-state index contributed by atoms with van der Waals surface area (Å²) in [5.74, 6) is -0.978. The Hall–Kier alpha value is -2.80. The van der Waals surface area contributed by atoms with E-state index in [1.54, 1.807) is 6.07 Å². The van der Waals surface area contributed by atoms with Crippen molar-refractivity contribution in [2.24, 2.45) is 11.1 Å². The first-order chi connectivity index (χ1) is 17.4. The largest absolute Gasteiger partial charge is 0.351 e. The van der Waals surface area contributed by atoms with Crippen molar-refractivity contribution in [2.45, 2.75) is 75.7 Å². The lowest BCUT2D eigenvalue weighted by molar-refractivity contribution is -0.190. The fourth-order valence-corrected chi connectivity index (χ4v) is 6.30. The zero-order valence-electron chi connectivity index (χ0n) is 20.6. The SMILES string of the molecule is CN(c1cc(C2CCC(C(=O)OF)CC2)ccc1C1(C=O)CCCCC1)c1cccc(Cl)c1CN=O. The predicted molar refractivity (Wildman–Crippen MR) is 138 cm³/mol. The van der Waals surface area contributed by atoms with E-state index in [-0.39, 0.29) is 12.5 Å². The van der Waals surface area contributed by atoms with Crippen LogP contribution in [0.4, 0.5) is 15.9 Å². The van der Waals surface area contributed by atoms with Gasteiger partial charge in [0.1, 0.15) is 12.8 Å². The van der Waals surface area contributed by atoms with E-state index in [1.165, 1.54) is 0 Å². The van der Waals surface area contributed by atoms with Crippen molar-refractivity contribution in [1.29, 1.82) is 0 Å². The summed E-state index contributed by atoms with van der Waals surface area (Å²) in [7, 11) is 1.93. The summed E-state index contributed by atoms with van der Waals surface area (Å²) in [6.45, 7) is -0.0537. The summed E-state index contributed by atoms with van der Waals surface area (Å²) in [5.41, 5.74) is 3.84. The zero-order valence-corrected chi connectivity index (χ0v) is 21.3. The molecule has 0 saturated heterocycles. The normalized spacial score (nSPS) is 21.4. The van der Waals surface area contributed by atoms with Crippen molar-refractivity contribution in [3.63, 3.8) is 0 Å². The molecule has 0 radical (unpaired) electrons. The fraction of sp³-hybridized carbons (Fsp3) is 0.500. The maximum Gasteiger partial charge on any atom is 0.351 e. The summed E-state index contributed by atoms with van der Waals surface area (Å²) >= 11 is 6.44. The first-order valence-electron chi connectivity index (χ1n) is 12.7. The lowest BCUT2D eigenvalue weighted by Gasteiger charge is -2.37. The summed E-state index contributed by atoms with van der Waals surface area (Å²) in [5, 5.41) is 3.55. The highest BCUT2D eigenvalue weighted by Crippen LogP contribution is 2.46. The second-order valence-electron chi connectivity index (χ2n) is 10.1. The lowest BCUT2D eigenvalue weighted by Crippen LogP contribution is -2.33. The monoisotopic (exact) mass is 514 g/mol. The van der Waals surface area contributed by atoms with Crippen molar-refractivity contribution < 1.29 is 19.1 Å². The highest BCUT2D eigenvalue weighted by atomic mass is 35.5. The van der Waals surface area contributed by atoms with Gasteiger partial charge in [-0.1, -0.05) is 54.2 Å². The van der Waals surface area contributed by atoms with E-state index in [1.807, 2.05) is 24.1 Å². The molecule has 0 unspecified atom stereocenters. The van der Waals surface area contributed by atoms with E-state index in [0.717, 1.165) is 73.7 Å². The van der Waals surface area contributed by atoms with E-state index < -0.39 is 17.3 Å². The van der Waals surface area contributed by atoms with Crippen LogP contribution in [0.1, 0.15) is 80.4 Å². The van der Waals surface area contributed by atoms with Crippen LogP contribution in [-0.2, 0) is 26.5 Å². The van der Waals surface area contributed by atoms with E-state index in [4.69, 9.17) is 11.6 Å². The fourth-order valence-electron chi connectivity index (χ4n) is 6.07. The van der Waals surface area contributed by atoms with E-state index in [0.29, 0.717) is 23.4 Å². The van der Waals surface area contributed by atoms with Gasteiger partial charge in [-0.05, 0) is 73.8 Å². The molecule has 6 nitrogen and oxygen atoms in total. The van der Waals surface area contributed by atoms with Crippen molar-refractivity contribution in [1.82, 2.24) is 0 Å². The minimum Gasteiger partial charge on any atom is -0.344 e. The van der Waals surface area contributed by atoms with Crippen LogP contribution in [0.25, 0.3) is 0 Å². The molecule has 36 heavy (non-hydrogen) atoms. The standard InChI is InChI=1S/C28H32ClFN2O4/c1-32(25-7-5-6-24(29)22(25)17-31-35)26-16-21(19-8-10-20(11-9-19)27(34)36-30)12-13-23(26)28(18-33)14-3-2-4-15-28/h5-7,12-13,16,18-20H,2-4,8-11,14-15,17H2,1H3. The van der Waals surface area contributed by atoms with Gasteiger partial charge >= 0.3 is 5.97 Å². The van der Waals surface area contributed by atoms with Crippen molar-refractivity contribution in [3.05, 3.63) is 63.0 Å². The molecule has 2 aliphatic carbocycles. The Morgan fingerprint density at radius 3 is 2.50 bits per heavy atom. The Bertz CT molecular complexity index is 1110. The molecule has 192 valence electrons. The van der Waals surface area contributed by atoms with Crippen LogP contribution in [0.15, 0.2) is 41.6 Å². The van der Waals surface area contributed by atoms with E-state index in [2.05, 4.69) is 28.3 Å². The molecule has 0 heterocycles. The topological polar surface area (TPSA) is 76.0 Å². The average molecular weight is 515 g/mol. The minimum atomic E-state index is -0.785. The Balaban J connectivity index is 1.76. The molecule has 0 spiro atoms. The van der Waals surface area contributed by atoms with Gasteiger partial charge in [0.25, 0.3) is 0 Å². The van der Waals surface area contributed by atoms with Gasteiger partial charge in [-0.15, -0.1) is 0 Å². The molecular formula is C28H32ClFN2O4. The van der Waals surface area contributed by atoms with Crippen molar-refractivity contribution in [2.75, 3.05) is 11.9 Å². The van der Waals surface area contributed by atoms with Gasteiger partial charge in [0.05, 0.1) is 11.3 Å². The number of nitroso groups, excluding NO2 is 1. The molecular weight excluding hydrogens is 483 g/mol. The maximum absolute atomic E-state index is 12.6. The molecule has 0 N–H and O–H groups in total. The Labute approximate surface area is 216 Å². The van der Waals surface area contributed by atoms with Crippen LogP contribution in [0.5, 0.6) is 0 Å². The second kappa shape index (κ2) is 11.5. The first kappa shape index (κ1) is 26.3. The number of nitrogens with zero attached hydrogens (tertiary/aromatic N) is 2.